The van der Waals surface area contributed by atoms with Crippen LogP contribution in [0, 0.1) is 0 Å². The van der Waals surface area contributed by atoms with Gasteiger partial charge in [-0.2, -0.15) is 0 Å². The van der Waals surface area contributed by atoms with E-state index in [1.807, 2.05) is 0 Å². The number of carboxylic acids is 1. The van der Waals surface area contributed by atoms with Crippen LogP contribution >= 0.6 is 0 Å². The molecule has 0 fully saturated rings. The minimum absolute atomic E-state index is 0. The van der Waals surface area contributed by atoms with Gasteiger partial charge in [-0.1, -0.05) is 0 Å². The van der Waals surface area contributed by atoms with Crippen LogP contribution in [0.25, 0.3) is 0 Å². The van der Waals surface area contributed by atoms with Gasteiger partial charge < -0.3 is 5.11 Å². The van der Waals surface area contributed by atoms with Gasteiger partial charge in [0.1, 0.15) is 5.57 Å². The van der Waals surface area contributed by atoms with Crippen LogP contribution in [0.5, 0.6) is 0 Å². The van der Waals surface area contributed by atoms with Gasteiger partial charge in [-0.3, -0.25) is 9.59 Å². The van der Waals surface area contributed by atoms with Crippen molar-refractivity contribution in [2.45, 2.75) is 0 Å². The fourth-order valence-corrected chi connectivity index (χ4v) is 0.676. The zero-order valence-corrected chi connectivity index (χ0v) is 6.78. The molecular formula is C7H4CoO4. The third kappa shape index (κ3) is 2.14. The van der Waals surface area contributed by atoms with E-state index in [2.05, 4.69) is 0 Å². The van der Waals surface area contributed by atoms with Crippen molar-refractivity contribution in [3.63, 3.8) is 0 Å². The summed E-state index contributed by atoms with van der Waals surface area (Å²) in [6.07, 6.45) is 2.80. The number of carbonyl (C=O) groups excluding carboxylic acids is 2. The van der Waals surface area contributed by atoms with Crippen molar-refractivity contribution in [2.75, 3.05) is 0 Å². The molecule has 1 radical (unpaired) electrons. The van der Waals surface area contributed by atoms with Crippen LogP contribution in [0.15, 0.2) is 23.8 Å². The van der Waals surface area contributed by atoms with E-state index in [1.165, 1.54) is 0 Å². The minimum atomic E-state index is -1.37. The Hall–Kier alpha value is -1.20. The van der Waals surface area contributed by atoms with Gasteiger partial charge in [0.05, 0.1) is 0 Å². The average molecular weight is 211 g/mol. The van der Waals surface area contributed by atoms with E-state index in [0.29, 0.717) is 0 Å². The summed E-state index contributed by atoms with van der Waals surface area (Å²) in [7, 11) is 0. The quantitative estimate of drug-likeness (QED) is 0.477. The fraction of sp³-hybridized carbons (Fsp3) is 0. The van der Waals surface area contributed by atoms with E-state index in [0.717, 1.165) is 18.2 Å². The Morgan fingerprint density at radius 3 is 2.25 bits per heavy atom. The van der Waals surface area contributed by atoms with E-state index in [9.17, 15) is 14.4 Å². The second-order valence-electron chi connectivity index (χ2n) is 1.96. The van der Waals surface area contributed by atoms with Crippen LogP contribution in [-0.2, 0) is 31.2 Å². The van der Waals surface area contributed by atoms with Gasteiger partial charge in [-0.15, -0.1) is 0 Å². The average Bonchev–Trinajstić information content (AvgIpc) is 1.94. The number of aliphatic carboxylic acids is 1. The summed E-state index contributed by atoms with van der Waals surface area (Å²) in [5, 5.41) is 8.35. The summed E-state index contributed by atoms with van der Waals surface area (Å²) < 4.78 is 0. The third-order valence-corrected chi connectivity index (χ3v) is 1.18. The Morgan fingerprint density at radius 1 is 1.25 bits per heavy atom. The van der Waals surface area contributed by atoms with Crippen molar-refractivity contribution in [1.29, 1.82) is 0 Å². The first kappa shape index (κ1) is 10.8. The molecule has 1 rings (SSSR count). The Kier molecular flexibility index (Phi) is 3.58. The number of hydrogen-bond donors (Lipinski definition) is 1. The van der Waals surface area contributed by atoms with Gasteiger partial charge in [-0.25, -0.2) is 4.79 Å². The van der Waals surface area contributed by atoms with Crippen molar-refractivity contribution in [3.05, 3.63) is 23.8 Å². The van der Waals surface area contributed by atoms with E-state index < -0.39 is 23.1 Å². The van der Waals surface area contributed by atoms with E-state index in [4.69, 9.17) is 5.11 Å². The first-order valence-corrected chi connectivity index (χ1v) is 2.82. The summed E-state index contributed by atoms with van der Waals surface area (Å²) in [4.78, 5) is 31.5. The predicted octanol–water partition coefficient (Wildman–Crippen LogP) is -0.297. The summed E-state index contributed by atoms with van der Waals surface area (Å²) in [6.45, 7) is 0. The molecule has 12 heavy (non-hydrogen) atoms. The summed E-state index contributed by atoms with van der Waals surface area (Å²) in [5.74, 6) is -2.48. The zero-order chi connectivity index (χ0) is 8.43. The van der Waals surface area contributed by atoms with E-state index in [1.54, 1.807) is 0 Å². The Bertz CT molecular complexity index is 301. The number of ketones is 2. The molecule has 0 saturated carbocycles. The largest absolute Gasteiger partial charge is 0.478 e. The van der Waals surface area contributed by atoms with Crippen molar-refractivity contribution in [3.8, 4) is 0 Å². The molecule has 0 bridgehead atoms. The first-order valence-electron chi connectivity index (χ1n) is 2.82. The molecule has 0 saturated heterocycles. The maximum absolute atomic E-state index is 10.7. The second-order valence-corrected chi connectivity index (χ2v) is 1.96. The molecule has 0 aromatic rings. The van der Waals surface area contributed by atoms with Gasteiger partial charge in [0.25, 0.3) is 0 Å². The third-order valence-electron chi connectivity index (χ3n) is 1.18. The Morgan fingerprint density at radius 2 is 1.83 bits per heavy atom. The number of carbonyl (C=O) groups is 3. The number of carboxylic acid groups (broad SMARTS) is 1. The van der Waals surface area contributed by atoms with Crippen molar-refractivity contribution < 1.29 is 36.3 Å². The van der Waals surface area contributed by atoms with Crippen LogP contribution in [0.2, 0.25) is 0 Å². The summed E-state index contributed by atoms with van der Waals surface area (Å²) in [5.41, 5.74) is -0.475. The van der Waals surface area contributed by atoms with Gasteiger partial charge >= 0.3 is 5.97 Å². The second kappa shape index (κ2) is 3.98. The number of rotatable bonds is 1. The van der Waals surface area contributed by atoms with E-state index in [-0.39, 0.29) is 16.8 Å². The molecule has 0 heterocycles. The molecule has 0 aromatic carbocycles. The van der Waals surface area contributed by atoms with E-state index >= 15 is 0 Å². The van der Waals surface area contributed by atoms with Crippen molar-refractivity contribution in [2.24, 2.45) is 0 Å². The maximum atomic E-state index is 10.7. The monoisotopic (exact) mass is 211 g/mol. The number of allylic oxidation sites excluding steroid dienone is 3. The molecule has 1 aliphatic rings. The van der Waals surface area contributed by atoms with Crippen LogP contribution in [0.1, 0.15) is 0 Å². The molecule has 4 nitrogen and oxygen atoms in total. The molecule has 0 aliphatic heterocycles. The van der Waals surface area contributed by atoms with Crippen LogP contribution in [0.3, 0.4) is 0 Å². The maximum Gasteiger partial charge on any atom is 0.339 e. The minimum Gasteiger partial charge on any atom is -0.478 e. The smallest absolute Gasteiger partial charge is 0.339 e. The molecule has 0 aromatic heterocycles. The predicted molar refractivity (Wildman–Crippen MR) is 34.9 cm³/mol. The van der Waals surface area contributed by atoms with Gasteiger partial charge in [0.15, 0.2) is 11.6 Å². The molecule has 65 valence electrons. The van der Waals surface area contributed by atoms with Gasteiger partial charge in [0.2, 0.25) is 0 Å². The van der Waals surface area contributed by atoms with Crippen molar-refractivity contribution >= 4 is 17.5 Å². The Balaban J connectivity index is 0.00000121. The molecular weight excluding hydrogens is 207 g/mol. The standard InChI is InChI=1S/C7H4O4.Co/c8-4-1-2-6(9)5(3-4)7(10)11;/h1-3H,(H,10,11);. The van der Waals surface area contributed by atoms with Crippen LogP contribution < -0.4 is 0 Å². The molecule has 0 unspecified atom stereocenters. The van der Waals surface area contributed by atoms with Gasteiger partial charge in [0, 0.05) is 22.9 Å². The van der Waals surface area contributed by atoms with Crippen LogP contribution in [-0.4, -0.2) is 22.6 Å². The normalized spacial score (nSPS) is 15.2. The summed E-state index contributed by atoms with van der Waals surface area (Å²) in [6, 6.07) is 0. The van der Waals surface area contributed by atoms with Crippen molar-refractivity contribution in [1.82, 2.24) is 0 Å². The summed E-state index contributed by atoms with van der Waals surface area (Å²) >= 11 is 0. The molecule has 1 aliphatic carbocycles. The molecule has 5 heteroatoms. The SMILES string of the molecule is O=C1C=CC(=O)C(C(=O)O)=C1.[Co]. The Labute approximate surface area is 78.1 Å². The fourth-order valence-electron chi connectivity index (χ4n) is 0.676. The molecule has 0 amide bonds. The van der Waals surface area contributed by atoms with Gasteiger partial charge in [-0.05, 0) is 12.2 Å². The number of hydrogen-bond acceptors (Lipinski definition) is 3. The molecule has 1 N–H and O–H groups in total. The molecule has 0 spiro atoms. The first-order chi connectivity index (χ1) is 5.11. The topological polar surface area (TPSA) is 71.4 Å². The molecule has 0 atom stereocenters. The van der Waals surface area contributed by atoms with Crippen LogP contribution in [0.4, 0.5) is 0 Å². The zero-order valence-electron chi connectivity index (χ0n) is 5.74.